The minimum absolute atomic E-state index is 0.0950. The highest BCUT2D eigenvalue weighted by atomic mass is 32.2. The summed E-state index contributed by atoms with van der Waals surface area (Å²) in [5.74, 6) is -2.83. The molecule has 0 aliphatic carbocycles. The van der Waals surface area contributed by atoms with Gasteiger partial charge < -0.3 is 4.90 Å². The Morgan fingerprint density at radius 3 is 2.24 bits per heavy atom. The largest absolute Gasteiger partial charge is 0.501 e. The molecule has 0 saturated carbocycles. The molecule has 3 rings (SSSR count). The standard InChI is InChI=1S/C19H16F5NO3S/c20-13-5-6-15(21)14(11-13)18(26)12-7-9-25(10-8-12)16-3-1-2-4-17(16)29(27,28)19(22,23)24/h1-6,11-12H,7-10H2. The van der Waals surface area contributed by atoms with E-state index in [1.165, 1.54) is 23.1 Å². The molecule has 0 bridgehead atoms. The van der Waals surface area contributed by atoms with Gasteiger partial charge in [0.25, 0.3) is 9.84 Å². The molecule has 10 heteroatoms. The fraction of sp³-hybridized carbons (Fsp3) is 0.316. The van der Waals surface area contributed by atoms with Crippen LogP contribution in [0.2, 0.25) is 0 Å². The van der Waals surface area contributed by atoms with Crippen LogP contribution < -0.4 is 4.90 Å². The van der Waals surface area contributed by atoms with Crippen molar-refractivity contribution in [2.75, 3.05) is 18.0 Å². The van der Waals surface area contributed by atoms with Crippen LogP contribution in [-0.2, 0) is 9.84 Å². The molecule has 0 spiro atoms. The molecule has 0 aromatic heterocycles. The van der Waals surface area contributed by atoms with Crippen molar-refractivity contribution in [2.24, 2.45) is 5.92 Å². The van der Waals surface area contributed by atoms with Crippen molar-refractivity contribution in [1.29, 1.82) is 0 Å². The Morgan fingerprint density at radius 2 is 1.62 bits per heavy atom. The van der Waals surface area contributed by atoms with Gasteiger partial charge in [-0.05, 0) is 43.2 Å². The lowest BCUT2D eigenvalue weighted by Gasteiger charge is -2.34. The van der Waals surface area contributed by atoms with Crippen LogP contribution in [0.5, 0.6) is 0 Å². The summed E-state index contributed by atoms with van der Waals surface area (Å²) < 4.78 is 89.8. The SMILES string of the molecule is O=C(c1cc(F)ccc1F)C1CCN(c2ccccc2S(=O)(=O)C(F)(F)F)CC1. The van der Waals surface area contributed by atoms with E-state index in [0.29, 0.717) is 0 Å². The number of halogens is 5. The fourth-order valence-corrected chi connectivity index (χ4v) is 4.34. The van der Waals surface area contributed by atoms with Crippen LogP contribution in [0.1, 0.15) is 23.2 Å². The number of alkyl halides is 3. The molecule has 1 saturated heterocycles. The summed E-state index contributed by atoms with van der Waals surface area (Å²) in [4.78, 5) is 13.1. The Balaban J connectivity index is 1.80. The second kappa shape index (κ2) is 7.74. The van der Waals surface area contributed by atoms with Crippen molar-refractivity contribution in [3.05, 3.63) is 59.7 Å². The van der Waals surface area contributed by atoms with Gasteiger partial charge in [-0.1, -0.05) is 12.1 Å². The second-order valence-electron chi connectivity index (χ2n) is 6.67. The molecule has 1 heterocycles. The van der Waals surface area contributed by atoms with E-state index >= 15 is 0 Å². The Morgan fingerprint density at radius 1 is 1.00 bits per heavy atom. The quantitative estimate of drug-likeness (QED) is 0.531. The Bertz CT molecular complexity index is 1030. The number of ketones is 1. The molecular weight excluding hydrogens is 417 g/mol. The summed E-state index contributed by atoms with van der Waals surface area (Å²) >= 11 is 0. The molecule has 29 heavy (non-hydrogen) atoms. The van der Waals surface area contributed by atoms with E-state index in [2.05, 4.69) is 0 Å². The predicted molar refractivity (Wildman–Crippen MR) is 95.3 cm³/mol. The summed E-state index contributed by atoms with van der Waals surface area (Å²) in [5, 5.41) is 0. The summed E-state index contributed by atoms with van der Waals surface area (Å²) in [7, 11) is -5.54. The Kier molecular flexibility index (Phi) is 5.66. The van der Waals surface area contributed by atoms with E-state index < -0.39 is 43.6 Å². The third-order valence-electron chi connectivity index (χ3n) is 4.86. The van der Waals surface area contributed by atoms with Crippen molar-refractivity contribution >= 4 is 21.3 Å². The molecule has 0 unspecified atom stereocenters. The topological polar surface area (TPSA) is 54.5 Å². The van der Waals surface area contributed by atoms with Crippen LogP contribution in [-0.4, -0.2) is 32.8 Å². The Hall–Kier alpha value is -2.49. The minimum atomic E-state index is -5.54. The highest BCUT2D eigenvalue weighted by Crippen LogP contribution is 2.37. The maximum atomic E-state index is 13.8. The molecule has 4 nitrogen and oxygen atoms in total. The van der Waals surface area contributed by atoms with E-state index in [-0.39, 0.29) is 37.2 Å². The number of carbonyl (C=O) groups excluding carboxylic acids is 1. The van der Waals surface area contributed by atoms with E-state index in [1.54, 1.807) is 0 Å². The molecule has 1 fully saturated rings. The number of piperidine rings is 1. The molecule has 0 atom stereocenters. The first-order chi connectivity index (χ1) is 13.5. The third-order valence-corrected chi connectivity index (χ3v) is 6.39. The second-order valence-corrected chi connectivity index (χ2v) is 8.58. The minimum Gasteiger partial charge on any atom is -0.370 e. The summed E-state index contributed by atoms with van der Waals surface area (Å²) in [6.45, 7) is 0.190. The average molecular weight is 433 g/mol. The van der Waals surface area contributed by atoms with Gasteiger partial charge in [0.05, 0.1) is 16.1 Å². The van der Waals surface area contributed by atoms with Crippen LogP contribution in [0.4, 0.5) is 27.6 Å². The van der Waals surface area contributed by atoms with Gasteiger partial charge in [0, 0.05) is 19.0 Å². The highest BCUT2D eigenvalue weighted by Gasteiger charge is 2.48. The molecule has 1 aliphatic heterocycles. The molecular formula is C19H16F5NO3S. The van der Waals surface area contributed by atoms with Crippen molar-refractivity contribution in [2.45, 2.75) is 23.2 Å². The lowest BCUT2D eigenvalue weighted by molar-refractivity contribution is -0.0435. The molecule has 0 amide bonds. The zero-order valence-electron chi connectivity index (χ0n) is 14.9. The number of rotatable bonds is 4. The number of sulfone groups is 1. The summed E-state index contributed by atoms with van der Waals surface area (Å²) in [5.41, 5.74) is -5.91. The van der Waals surface area contributed by atoms with Crippen LogP contribution in [0, 0.1) is 17.6 Å². The van der Waals surface area contributed by atoms with E-state index in [0.717, 1.165) is 24.3 Å². The molecule has 2 aromatic carbocycles. The van der Waals surface area contributed by atoms with Gasteiger partial charge in [-0.3, -0.25) is 4.79 Å². The molecule has 0 N–H and O–H groups in total. The number of hydrogen-bond acceptors (Lipinski definition) is 4. The number of hydrogen-bond donors (Lipinski definition) is 0. The first-order valence-electron chi connectivity index (χ1n) is 8.67. The maximum Gasteiger partial charge on any atom is 0.501 e. The monoisotopic (exact) mass is 433 g/mol. The van der Waals surface area contributed by atoms with Gasteiger partial charge in [0.2, 0.25) is 0 Å². The predicted octanol–water partition coefficient (Wildman–Crippen LogP) is 4.36. The van der Waals surface area contributed by atoms with E-state index in [9.17, 15) is 35.2 Å². The van der Waals surface area contributed by atoms with Crippen molar-refractivity contribution in [3.63, 3.8) is 0 Å². The first kappa shape index (κ1) is 21.2. The zero-order chi connectivity index (χ0) is 21.4. The molecule has 0 radical (unpaired) electrons. The number of carbonyl (C=O) groups is 1. The van der Waals surface area contributed by atoms with Crippen molar-refractivity contribution in [3.8, 4) is 0 Å². The third kappa shape index (κ3) is 4.12. The van der Waals surface area contributed by atoms with Gasteiger partial charge in [-0.2, -0.15) is 13.2 Å². The molecule has 2 aromatic rings. The van der Waals surface area contributed by atoms with Gasteiger partial charge in [-0.25, -0.2) is 17.2 Å². The highest BCUT2D eigenvalue weighted by molar-refractivity contribution is 7.92. The van der Waals surface area contributed by atoms with Gasteiger partial charge in [0.15, 0.2) is 5.78 Å². The number of benzene rings is 2. The molecule has 156 valence electrons. The average Bonchev–Trinajstić information content (AvgIpc) is 2.68. The normalized spacial score (nSPS) is 16.1. The van der Waals surface area contributed by atoms with Gasteiger partial charge in [0.1, 0.15) is 11.6 Å². The van der Waals surface area contributed by atoms with Gasteiger partial charge in [-0.15, -0.1) is 0 Å². The first-order valence-corrected chi connectivity index (χ1v) is 10.2. The van der Waals surface area contributed by atoms with E-state index in [4.69, 9.17) is 0 Å². The van der Waals surface area contributed by atoms with Crippen molar-refractivity contribution in [1.82, 2.24) is 0 Å². The van der Waals surface area contributed by atoms with Crippen LogP contribution >= 0.6 is 0 Å². The fourth-order valence-electron chi connectivity index (χ4n) is 3.36. The Labute approximate surface area is 163 Å². The lowest BCUT2D eigenvalue weighted by atomic mass is 9.88. The van der Waals surface area contributed by atoms with Crippen LogP contribution in [0.25, 0.3) is 0 Å². The van der Waals surface area contributed by atoms with Crippen LogP contribution in [0.3, 0.4) is 0 Å². The van der Waals surface area contributed by atoms with Crippen LogP contribution in [0.15, 0.2) is 47.4 Å². The number of anilines is 1. The van der Waals surface area contributed by atoms with E-state index in [1.807, 2.05) is 0 Å². The zero-order valence-corrected chi connectivity index (χ0v) is 15.7. The summed E-state index contributed by atoms with van der Waals surface area (Å²) in [6.07, 6.45) is 0.324. The lowest BCUT2D eigenvalue weighted by Crippen LogP contribution is -2.38. The maximum absolute atomic E-state index is 13.8. The number of Topliss-reactive ketones (excluding diaryl/α,β-unsaturated/α-hetero) is 1. The number of nitrogens with zero attached hydrogens (tertiary/aromatic N) is 1. The van der Waals surface area contributed by atoms with Crippen molar-refractivity contribution < 1.29 is 35.2 Å². The summed E-state index contributed by atoms with van der Waals surface area (Å²) in [6, 6.07) is 7.34. The smallest absolute Gasteiger partial charge is 0.370 e. The molecule has 1 aliphatic rings. The van der Waals surface area contributed by atoms with Gasteiger partial charge >= 0.3 is 5.51 Å². The number of para-hydroxylation sites is 1.